The number of fused-ring (bicyclic) bond motifs is 3. The molecule has 4 rings (SSSR count). The second-order valence-electron chi connectivity index (χ2n) is 5.45. The zero-order valence-corrected chi connectivity index (χ0v) is 13.4. The molecule has 0 radical (unpaired) electrons. The highest BCUT2D eigenvalue weighted by Crippen LogP contribution is 2.32. The summed E-state index contributed by atoms with van der Waals surface area (Å²) in [5.74, 6) is 0. The van der Waals surface area contributed by atoms with Crippen LogP contribution in [0.3, 0.4) is 0 Å². The van der Waals surface area contributed by atoms with Gasteiger partial charge in [0.1, 0.15) is 0 Å². The molecule has 0 spiro atoms. The van der Waals surface area contributed by atoms with Crippen LogP contribution in [0.4, 0.5) is 5.69 Å². The molecule has 0 atom stereocenters. The maximum Gasteiger partial charge on any atom is 0.270 e. The third-order valence-corrected chi connectivity index (χ3v) is 5.73. The molecule has 2 N–H and O–H groups in total. The van der Waals surface area contributed by atoms with Crippen LogP contribution in [0.15, 0.2) is 47.5 Å². The summed E-state index contributed by atoms with van der Waals surface area (Å²) in [5, 5.41) is 6.96. The van der Waals surface area contributed by atoms with Crippen molar-refractivity contribution in [1.82, 2.24) is 14.3 Å². The predicted molar refractivity (Wildman–Crippen MR) is 89.5 cm³/mol. The van der Waals surface area contributed by atoms with Gasteiger partial charge in [-0.3, -0.25) is 10.1 Å². The Morgan fingerprint density at radius 2 is 2.00 bits per heavy atom. The summed E-state index contributed by atoms with van der Waals surface area (Å²) in [6, 6.07) is 9.57. The molecule has 24 heavy (non-hydrogen) atoms. The highest BCUT2D eigenvalue weighted by atomic mass is 32.2. The van der Waals surface area contributed by atoms with E-state index in [0.29, 0.717) is 24.9 Å². The van der Waals surface area contributed by atoms with Crippen LogP contribution in [-0.2, 0) is 16.6 Å². The average molecular weight is 342 g/mol. The Morgan fingerprint density at radius 1 is 1.21 bits per heavy atom. The molecular weight excluding hydrogens is 328 g/mol. The fourth-order valence-corrected chi connectivity index (χ4v) is 4.37. The maximum absolute atomic E-state index is 13.0. The molecule has 1 aliphatic heterocycles. The summed E-state index contributed by atoms with van der Waals surface area (Å²) in [4.78, 5) is 15.9. The number of nitrogens with zero attached hydrogens (tertiary/aromatic N) is 2. The van der Waals surface area contributed by atoms with Crippen molar-refractivity contribution >= 4 is 33.0 Å². The summed E-state index contributed by atoms with van der Waals surface area (Å²) in [7, 11) is -3.91. The fourth-order valence-electron chi connectivity index (χ4n) is 2.91. The predicted octanol–water partition coefficient (Wildman–Crippen LogP) is 1.56. The van der Waals surface area contributed by atoms with Gasteiger partial charge in [0.2, 0.25) is 0 Å². The van der Waals surface area contributed by atoms with Crippen LogP contribution in [0, 0.1) is 0 Å². The van der Waals surface area contributed by atoms with Crippen molar-refractivity contribution in [1.29, 1.82) is 0 Å². The second kappa shape index (κ2) is 5.43. The first-order valence-corrected chi connectivity index (χ1v) is 8.80. The van der Waals surface area contributed by atoms with Crippen LogP contribution in [0.2, 0.25) is 0 Å². The van der Waals surface area contributed by atoms with Crippen LogP contribution >= 0.6 is 0 Å². The number of benzene rings is 1. The molecule has 0 saturated heterocycles. The number of aromatic nitrogens is 2. The molecule has 1 aromatic carbocycles. The number of nitrogens with one attached hydrogen (secondary N) is 2. The molecule has 0 aliphatic carbocycles. The average Bonchev–Trinajstić information content (AvgIpc) is 3.02. The molecule has 0 fully saturated rings. The van der Waals surface area contributed by atoms with Gasteiger partial charge >= 0.3 is 0 Å². The van der Waals surface area contributed by atoms with E-state index in [1.165, 1.54) is 12.1 Å². The molecule has 1 aliphatic rings. The summed E-state index contributed by atoms with van der Waals surface area (Å²) in [6.45, 7) is 1.21. The molecule has 8 heteroatoms. The second-order valence-corrected chi connectivity index (χ2v) is 7.23. The van der Waals surface area contributed by atoms with Gasteiger partial charge in [-0.05, 0) is 18.2 Å². The third kappa shape index (κ3) is 2.11. The minimum absolute atomic E-state index is 0.0510. The van der Waals surface area contributed by atoms with E-state index in [9.17, 15) is 13.2 Å². The van der Waals surface area contributed by atoms with Gasteiger partial charge in [0, 0.05) is 23.7 Å². The van der Waals surface area contributed by atoms with Crippen LogP contribution in [0.1, 0.15) is 16.1 Å². The Hall–Kier alpha value is -2.71. The van der Waals surface area contributed by atoms with Crippen LogP contribution in [0.25, 0.3) is 11.0 Å². The first kappa shape index (κ1) is 14.9. The first-order chi connectivity index (χ1) is 11.6. The normalized spacial score (nSPS) is 14.2. The lowest BCUT2D eigenvalue weighted by Crippen LogP contribution is -2.27. The number of hydrogen-bond donors (Lipinski definition) is 2. The monoisotopic (exact) mass is 342 g/mol. The zero-order chi connectivity index (χ0) is 16.7. The number of carbonyl (C=O) groups excluding carboxylic acids is 1. The lowest BCUT2D eigenvalue weighted by Gasteiger charge is -2.19. The molecule has 3 aromatic rings. The van der Waals surface area contributed by atoms with Gasteiger partial charge in [0.15, 0.2) is 11.9 Å². The minimum atomic E-state index is -3.91. The van der Waals surface area contributed by atoms with Gasteiger partial charge in [-0.2, -0.15) is 0 Å². The number of carbonyl (C=O) groups is 1. The number of anilines is 1. The van der Waals surface area contributed by atoms with Crippen molar-refractivity contribution in [2.75, 3.05) is 12.0 Å². The molecule has 3 heterocycles. The number of pyridine rings is 1. The summed E-state index contributed by atoms with van der Waals surface area (Å²) in [5.41, 5.74) is 2.04. The summed E-state index contributed by atoms with van der Waals surface area (Å²) < 4.78 is 27.0. The largest absolute Gasteiger partial charge is 0.372 e. The van der Waals surface area contributed by atoms with Gasteiger partial charge in [0.05, 0.1) is 22.9 Å². The summed E-state index contributed by atoms with van der Waals surface area (Å²) in [6.07, 6.45) is 2.16. The molecule has 2 aromatic heterocycles. The van der Waals surface area contributed by atoms with Gasteiger partial charge in [-0.1, -0.05) is 18.2 Å². The van der Waals surface area contributed by atoms with Gasteiger partial charge in [-0.25, -0.2) is 17.4 Å². The molecule has 7 nitrogen and oxygen atoms in total. The van der Waals surface area contributed by atoms with E-state index < -0.39 is 10.0 Å². The number of rotatable bonds is 3. The van der Waals surface area contributed by atoms with E-state index in [2.05, 4.69) is 15.6 Å². The van der Waals surface area contributed by atoms with Crippen molar-refractivity contribution in [3.63, 3.8) is 0 Å². The Balaban J connectivity index is 2.04. The molecule has 122 valence electrons. The SMILES string of the molecule is O=Cc1cc2c3c(cnc2n1S(=O)(=O)c1ccccc1)CNCN3. The van der Waals surface area contributed by atoms with Crippen molar-refractivity contribution in [3.8, 4) is 0 Å². The Morgan fingerprint density at radius 3 is 2.75 bits per heavy atom. The van der Waals surface area contributed by atoms with Gasteiger partial charge in [-0.15, -0.1) is 0 Å². The lowest BCUT2D eigenvalue weighted by molar-refractivity contribution is 0.111. The number of hydrogen-bond acceptors (Lipinski definition) is 6. The van der Waals surface area contributed by atoms with E-state index in [-0.39, 0.29) is 16.2 Å². The van der Waals surface area contributed by atoms with Crippen LogP contribution in [-0.4, -0.2) is 30.3 Å². The fraction of sp³-hybridized carbons (Fsp3) is 0.125. The Bertz CT molecular complexity index is 1040. The van der Waals surface area contributed by atoms with E-state index in [0.717, 1.165) is 15.2 Å². The quantitative estimate of drug-likeness (QED) is 0.702. The maximum atomic E-state index is 13.0. The van der Waals surface area contributed by atoms with E-state index in [4.69, 9.17) is 0 Å². The van der Waals surface area contributed by atoms with E-state index >= 15 is 0 Å². The molecular formula is C16H14N4O3S. The smallest absolute Gasteiger partial charge is 0.270 e. The van der Waals surface area contributed by atoms with Crippen molar-refractivity contribution in [2.24, 2.45) is 0 Å². The Labute approximate surface area is 138 Å². The Kier molecular flexibility index (Phi) is 3.36. The minimum Gasteiger partial charge on any atom is -0.372 e. The molecule has 0 saturated carbocycles. The summed E-state index contributed by atoms with van der Waals surface area (Å²) >= 11 is 0. The van der Waals surface area contributed by atoms with Gasteiger partial charge < -0.3 is 5.32 Å². The highest BCUT2D eigenvalue weighted by Gasteiger charge is 2.26. The van der Waals surface area contributed by atoms with E-state index in [1.807, 2.05) is 0 Å². The van der Waals surface area contributed by atoms with Crippen molar-refractivity contribution in [3.05, 3.63) is 53.9 Å². The molecule has 0 bridgehead atoms. The third-order valence-electron chi connectivity index (χ3n) is 4.00. The topological polar surface area (TPSA) is 93.1 Å². The molecule has 0 amide bonds. The van der Waals surface area contributed by atoms with E-state index in [1.54, 1.807) is 30.5 Å². The van der Waals surface area contributed by atoms with Crippen molar-refractivity contribution < 1.29 is 13.2 Å². The highest BCUT2D eigenvalue weighted by molar-refractivity contribution is 7.90. The standard InChI is InChI=1S/C16H14N4O3S/c21-9-12-6-14-15-11(7-17-10-19-15)8-18-16(14)20(12)24(22,23)13-4-2-1-3-5-13/h1-6,8-9,17,19H,7,10H2. The van der Waals surface area contributed by atoms with Crippen LogP contribution < -0.4 is 10.6 Å². The molecule has 0 unspecified atom stereocenters. The number of aldehydes is 1. The van der Waals surface area contributed by atoms with Crippen molar-refractivity contribution in [2.45, 2.75) is 11.4 Å². The lowest BCUT2D eigenvalue weighted by atomic mass is 10.1. The van der Waals surface area contributed by atoms with Crippen LogP contribution in [0.5, 0.6) is 0 Å². The van der Waals surface area contributed by atoms with Gasteiger partial charge in [0.25, 0.3) is 10.0 Å². The zero-order valence-electron chi connectivity index (χ0n) is 12.6. The first-order valence-electron chi connectivity index (χ1n) is 7.36.